The Morgan fingerprint density at radius 3 is 2.02 bits per heavy atom. The van der Waals surface area contributed by atoms with Gasteiger partial charge in [-0.15, -0.1) is 0 Å². The van der Waals surface area contributed by atoms with Crippen molar-refractivity contribution in [2.45, 2.75) is 25.7 Å². The topological polar surface area (TPSA) is 96.0 Å². The number of ether oxygens (including phenoxy) is 1. The molecular formula is C33H34ClN3O5S. The van der Waals surface area contributed by atoms with E-state index in [0.717, 1.165) is 27.3 Å². The van der Waals surface area contributed by atoms with Gasteiger partial charge in [0.1, 0.15) is 11.8 Å². The van der Waals surface area contributed by atoms with Crippen molar-refractivity contribution in [2.75, 3.05) is 19.9 Å². The Hall–Kier alpha value is -4.18. The lowest BCUT2D eigenvalue weighted by Crippen LogP contribution is -2.47. The van der Waals surface area contributed by atoms with Crippen molar-refractivity contribution < 1.29 is 22.7 Å². The first-order chi connectivity index (χ1) is 20.7. The van der Waals surface area contributed by atoms with Crippen LogP contribution in [-0.2, 0) is 39.2 Å². The van der Waals surface area contributed by atoms with Gasteiger partial charge in [0.25, 0.3) is 0 Å². The average molecular weight is 620 g/mol. The van der Waals surface area contributed by atoms with E-state index >= 15 is 0 Å². The van der Waals surface area contributed by atoms with Gasteiger partial charge in [-0.25, -0.2) is 8.42 Å². The lowest BCUT2D eigenvalue weighted by atomic mass is 10.0. The molecule has 4 aromatic rings. The van der Waals surface area contributed by atoms with Gasteiger partial charge in [-0.05, 0) is 34.9 Å². The highest BCUT2D eigenvalue weighted by Crippen LogP contribution is 2.26. The largest absolute Gasteiger partial charge is 0.496 e. The lowest BCUT2D eigenvalue weighted by molar-refractivity contribution is -0.141. The highest BCUT2D eigenvalue weighted by Gasteiger charge is 2.33. The number of hydrogen-bond acceptors (Lipinski definition) is 5. The van der Waals surface area contributed by atoms with E-state index in [-0.39, 0.29) is 19.6 Å². The van der Waals surface area contributed by atoms with Gasteiger partial charge < -0.3 is 15.0 Å². The molecule has 0 fully saturated rings. The first kappa shape index (κ1) is 31.7. The van der Waals surface area contributed by atoms with Crippen LogP contribution in [0.1, 0.15) is 28.3 Å². The molecule has 0 heterocycles. The van der Waals surface area contributed by atoms with Crippen molar-refractivity contribution in [2.24, 2.45) is 0 Å². The fraction of sp³-hybridized carbons (Fsp3) is 0.212. The second-order valence-electron chi connectivity index (χ2n) is 10.0. The lowest BCUT2D eigenvalue weighted by Gasteiger charge is -2.33. The van der Waals surface area contributed by atoms with E-state index in [1.54, 1.807) is 73.8 Å². The molecule has 10 heteroatoms. The third-order valence-corrected chi connectivity index (χ3v) is 8.34. The van der Waals surface area contributed by atoms with Gasteiger partial charge >= 0.3 is 0 Å². The Kier molecular flexibility index (Phi) is 10.9. The van der Waals surface area contributed by atoms with Gasteiger partial charge in [0.05, 0.1) is 19.9 Å². The molecule has 4 rings (SSSR count). The Morgan fingerprint density at radius 1 is 0.814 bits per heavy atom. The Balaban J connectivity index is 1.70. The molecule has 224 valence electrons. The number of nitrogens with one attached hydrogen (secondary N) is 1. The van der Waals surface area contributed by atoms with E-state index in [1.165, 1.54) is 4.90 Å². The van der Waals surface area contributed by atoms with E-state index in [1.807, 2.05) is 42.5 Å². The van der Waals surface area contributed by atoms with Gasteiger partial charge in [-0.1, -0.05) is 103 Å². The number of nitrogens with zero attached hydrogens (tertiary/aromatic N) is 2. The summed E-state index contributed by atoms with van der Waals surface area (Å²) in [5, 5.41) is 3.49. The number of carbonyl (C=O) groups is 2. The average Bonchev–Trinajstić information content (AvgIpc) is 3.01. The zero-order valence-electron chi connectivity index (χ0n) is 24.0. The summed E-state index contributed by atoms with van der Waals surface area (Å²) in [5.74, 6) is -0.330. The molecule has 0 aliphatic heterocycles. The standard InChI is InChI=1S/C33H34ClN3O5S/c1-42-30-16-10-9-15-28(30)21-35-33(39)32(27-13-7-4-8-14-27)37(23-26-17-19-29(34)20-18-26)31(38)24-36(43(2,40)41)22-25-11-5-3-6-12-25/h3-20,32H,21-24H2,1-2H3,(H,35,39). The molecule has 4 aromatic carbocycles. The minimum atomic E-state index is -3.78. The normalized spacial score (nSPS) is 12.0. The quantitative estimate of drug-likeness (QED) is 0.222. The van der Waals surface area contributed by atoms with Crippen molar-refractivity contribution in [3.8, 4) is 5.75 Å². The first-order valence-corrected chi connectivity index (χ1v) is 15.9. The van der Waals surface area contributed by atoms with Crippen molar-refractivity contribution in [1.82, 2.24) is 14.5 Å². The molecule has 43 heavy (non-hydrogen) atoms. The smallest absolute Gasteiger partial charge is 0.247 e. The Labute approximate surface area is 257 Å². The number of carbonyl (C=O) groups excluding carboxylic acids is 2. The monoisotopic (exact) mass is 619 g/mol. The zero-order chi connectivity index (χ0) is 30.8. The van der Waals surface area contributed by atoms with Crippen molar-refractivity contribution in [3.05, 3.63) is 136 Å². The molecule has 1 N–H and O–H groups in total. The summed E-state index contributed by atoms with van der Waals surface area (Å²) in [4.78, 5) is 29.5. The molecule has 0 radical (unpaired) electrons. The van der Waals surface area contributed by atoms with Crippen LogP contribution in [-0.4, -0.2) is 49.3 Å². The summed E-state index contributed by atoms with van der Waals surface area (Å²) >= 11 is 6.11. The molecule has 0 bridgehead atoms. The maximum Gasteiger partial charge on any atom is 0.247 e. The molecule has 0 aliphatic carbocycles. The number of rotatable bonds is 13. The number of sulfonamides is 1. The van der Waals surface area contributed by atoms with Crippen LogP contribution in [0.15, 0.2) is 109 Å². The van der Waals surface area contributed by atoms with Gasteiger partial charge in [-0.3, -0.25) is 9.59 Å². The maximum atomic E-state index is 14.1. The van der Waals surface area contributed by atoms with E-state index < -0.39 is 34.4 Å². The van der Waals surface area contributed by atoms with Gasteiger partial charge in [0.2, 0.25) is 21.8 Å². The predicted octanol–water partition coefficient (Wildman–Crippen LogP) is 5.20. The number of amides is 2. The summed E-state index contributed by atoms with van der Waals surface area (Å²) in [6.45, 7) is -0.236. The van der Waals surface area contributed by atoms with Crippen LogP contribution in [0.2, 0.25) is 5.02 Å². The van der Waals surface area contributed by atoms with Crippen LogP contribution in [0, 0.1) is 0 Å². The van der Waals surface area contributed by atoms with Crippen LogP contribution in [0.3, 0.4) is 0 Å². The fourth-order valence-corrected chi connectivity index (χ4v) is 5.52. The maximum absolute atomic E-state index is 14.1. The Bertz CT molecular complexity index is 1620. The third-order valence-electron chi connectivity index (χ3n) is 6.89. The zero-order valence-corrected chi connectivity index (χ0v) is 25.6. The minimum absolute atomic E-state index is 0.0101. The number of halogens is 1. The molecule has 1 unspecified atom stereocenters. The molecule has 2 amide bonds. The highest BCUT2D eigenvalue weighted by atomic mass is 35.5. The molecule has 0 saturated heterocycles. The minimum Gasteiger partial charge on any atom is -0.496 e. The second kappa shape index (κ2) is 14.8. The number of para-hydroxylation sites is 1. The van der Waals surface area contributed by atoms with Crippen molar-refractivity contribution in [3.63, 3.8) is 0 Å². The number of methoxy groups -OCH3 is 1. The van der Waals surface area contributed by atoms with E-state index in [0.29, 0.717) is 16.3 Å². The summed E-state index contributed by atoms with van der Waals surface area (Å²) in [6.07, 6.45) is 1.07. The van der Waals surface area contributed by atoms with Crippen LogP contribution >= 0.6 is 11.6 Å². The molecular weight excluding hydrogens is 586 g/mol. The van der Waals surface area contributed by atoms with Gasteiger partial charge in [0, 0.05) is 30.2 Å². The summed E-state index contributed by atoms with van der Waals surface area (Å²) in [6, 6.07) is 31.2. The van der Waals surface area contributed by atoms with Gasteiger partial charge in [-0.2, -0.15) is 4.31 Å². The molecule has 1 atom stereocenters. The van der Waals surface area contributed by atoms with Crippen LogP contribution in [0.5, 0.6) is 5.75 Å². The predicted molar refractivity (Wildman–Crippen MR) is 168 cm³/mol. The third kappa shape index (κ3) is 8.90. The van der Waals surface area contributed by atoms with E-state index in [4.69, 9.17) is 16.3 Å². The van der Waals surface area contributed by atoms with Crippen LogP contribution in [0.4, 0.5) is 0 Å². The molecule has 0 aromatic heterocycles. The summed E-state index contributed by atoms with van der Waals surface area (Å²) in [5.41, 5.74) is 2.81. The first-order valence-electron chi connectivity index (χ1n) is 13.6. The van der Waals surface area contributed by atoms with Gasteiger partial charge in [0.15, 0.2) is 0 Å². The molecule has 0 spiro atoms. The fourth-order valence-electron chi connectivity index (χ4n) is 4.67. The summed E-state index contributed by atoms with van der Waals surface area (Å²) in [7, 11) is -2.22. The SMILES string of the molecule is COc1ccccc1CNC(=O)C(c1ccccc1)N(Cc1ccc(Cl)cc1)C(=O)CN(Cc1ccccc1)S(C)(=O)=O. The van der Waals surface area contributed by atoms with Crippen LogP contribution < -0.4 is 10.1 Å². The van der Waals surface area contributed by atoms with E-state index in [2.05, 4.69) is 5.32 Å². The van der Waals surface area contributed by atoms with Crippen LogP contribution in [0.25, 0.3) is 0 Å². The molecule has 0 aliphatic rings. The highest BCUT2D eigenvalue weighted by molar-refractivity contribution is 7.88. The molecule has 0 saturated carbocycles. The molecule has 8 nitrogen and oxygen atoms in total. The Morgan fingerprint density at radius 2 is 1.40 bits per heavy atom. The van der Waals surface area contributed by atoms with Crippen molar-refractivity contribution >= 4 is 33.4 Å². The summed E-state index contributed by atoms with van der Waals surface area (Å²) < 4.78 is 32.2. The second-order valence-corrected chi connectivity index (χ2v) is 12.4. The number of benzene rings is 4. The van der Waals surface area contributed by atoms with E-state index in [9.17, 15) is 18.0 Å². The van der Waals surface area contributed by atoms with Crippen molar-refractivity contribution in [1.29, 1.82) is 0 Å². The number of hydrogen-bond donors (Lipinski definition) is 1.